The number of aromatic nitrogens is 1. The summed E-state index contributed by atoms with van der Waals surface area (Å²) in [5.74, 6) is -0.371. The van der Waals surface area contributed by atoms with Gasteiger partial charge in [-0.3, -0.25) is 0 Å². The van der Waals surface area contributed by atoms with Gasteiger partial charge in [0.2, 0.25) is 0 Å². The number of carbonyl (C=O) groups is 1. The molecule has 0 unspecified atom stereocenters. The molecule has 3 N–H and O–H groups in total. The van der Waals surface area contributed by atoms with Gasteiger partial charge in [-0.15, -0.1) is 0 Å². The van der Waals surface area contributed by atoms with E-state index in [1.54, 1.807) is 6.07 Å². The topological polar surface area (TPSA) is 89.3 Å². The highest BCUT2D eigenvalue weighted by atomic mass is 16.4. The molecule has 0 aliphatic carbocycles. The van der Waals surface area contributed by atoms with Gasteiger partial charge in [-0.2, -0.15) is 0 Å². The molecule has 2 rings (SSSR count). The standard InChI is InChI=1S/C11H12N2O3/c12-5-1-2-10-13-8-4-3-7(11(14)15)6-9(8)16-10/h3-4,6H,1-2,5,12H2,(H,14,15). The molecule has 0 saturated carbocycles. The van der Waals surface area contributed by atoms with Crippen LogP contribution in [0.1, 0.15) is 22.7 Å². The highest BCUT2D eigenvalue weighted by molar-refractivity contribution is 5.91. The summed E-state index contributed by atoms with van der Waals surface area (Å²) in [7, 11) is 0. The molecular formula is C11H12N2O3. The van der Waals surface area contributed by atoms with E-state index >= 15 is 0 Å². The number of nitrogens with two attached hydrogens (primary N) is 1. The molecule has 1 aromatic heterocycles. The van der Waals surface area contributed by atoms with Crippen molar-refractivity contribution in [1.82, 2.24) is 4.98 Å². The Morgan fingerprint density at radius 3 is 3.00 bits per heavy atom. The van der Waals surface area contributed by atoms with Crippen molar-refractivity contribution in [3.8, 4) is 0 Å². The van der Waals surface area contributed by atoms with Gasteiger partial charge in [-0.05, 0) is 31.2 Å². The Labute approximate surface area is 91.9 Å². The van der Waals surface area contributed by atoms with Crippen molar-refractivity contribution < 1.29 is 14.3 Å². The van der Waals surface area contributed by atoms with Gasteiger partial charge in [0, 0.05) is 6.42 Å². The minimum atomic E-state index is -0.971. The zero-order chi connectivity index (χ0) is 11.5. The fraction of sp³-hybridized carbons (Fsp3) is 0.273. The normalized spacial score (nSPS) is 10.8. The van der Waals surface area contributed by atoms with Crippen LogP contribution in [0.25, 0.3) is 11.1 Å². The summed E-state index contributed by atoms with van der Waals surface area (Å²) in [5, 5.41) is 8.81. The lowest BCUT2D eigenvalue weighted by Crippen LogP contribution is -2.00. The van der Waals surface area contributed by atoms with Crippen molar-refractivity contribution in [2.45, 2.75) is 12.8 Å². The second kappa shape index (κ2) is 4.32. The molecule has 16 heavy (non-hydrogen) atoms. The maximum absolute atomic E-state index is 10.7. The van der Waals surface area contributed by atoms with E-state index in [9.17, 15) is 4.79 Å². The number of nitrogens with zero attached hydrogens (tertiary/aromatic N) is 1. The first kappa shape index (κ1) is 10.6. The van der Waals surface area contributed by atoms with E-state index in [1.807, 2.05) is 0 Å². The molecule has 5 heteroatoms. The molecule has 2 aromatic rings. The van der Waals surface area contributed by atoms with Crippen LogP contribution < -0.4 is 5.73 Å². The SMILES string of the molecule is NCCCc1nc2ccc(C(=O)O)cc2o1. The number of benzene rings is 1. The molecule has 84 valence electrons. The predicted molar refractivity (Wildman–Crippen MR) is 58.3 cm³/mol. The van der Waals surface area contributed by atoms with Crippen LogP contribution in [0, 0.1) is 0 Å². The predicted octanol–water partition coefficient (Wildman–Crippen LogP) is 1.42. The second-order valence-electron chi connectivity index (χ2n) is 3.49. The van der Waals surface area contributed by atoms with E-state index < -0.39 is 5.97 Å². The van der Waals surface area contributed by atoms with Gasteiger partial charge >= 0.3 is 5.97 Å². The summed E-state index contributed by atoms with van der Waals surface area (Å²) in [6.07, 6.45) is 1.48. The van der Waals surface area contributed by atoms with E-state index in [2.05, 4.69) is 4.98 Å². The third-order valence-corrected chi connectivity index (χ3v) is 2.27. The maximum atomic E-state index is 10.7. The van der Waals surface area contributed by atoms with Gasteiger partial charge in [0.05, 0.1) is 5.56 Å². The minimum absolute atomic E-state index is 0.203. The largest absolute Gasteiger partial charge is 0.478 e. The summed E-state index contributed by atoms with van der Waals surface area (Å²) in [5.41, 5.74) is 6.77. The molecule has 1 aromatic carbocycles. The maximum Gasteiger partial charge on any atom is 0.335 e. The van der Waals surface area contributed by atoms with Crippen molar-refractivity contribution in [2.75, 3.05) is 6.54 Å². The number of hydrogen-bond donors (Lipinski definition) is 2. The lowest BCUT2D eigenvalue weighted by Gasteiger charge is -1.91. The number of aryl methyl sites for hydroxylation is 1. The summed E-state index contributed by atoms with van der Waals surface area (Å²) in [6.45, 7) is 0.582. The Balaban J connectivity index is 2.34. The van der Waals surface area contributed by atoms with E-state index in [-0.39, 0.29) is 5.56 Å². The van der Waals surface area contributed by atoms with Crippen LogP contribution in [0.2, 0.25) is 0 Å². The number of hydrogen-bond acceptors (Lipinski definition) is 4. The van der Waals surface area contributed by atoms with Crippen molar-refractivity contribution in [3.63, 3.8) is 0 Å². The van der Waals surface area contributed by atoms with Gasteiger partial charge in [0.15, 0.2) is 11.5 Å². The lowest BCUT2D eigenvalue weighted by molar-refractivity contribution is 0.0697. The van der Waals surface area contributed by atoms with Crippen LogP contribution in [0.5, 0.6) is 0 Å². The quantitative estimate of drug-likeness (QED) is 0.813. The first-order chi connectivity index (χ1) is 7.70. The summed E-state index contributed by atoms with van der Waals surface area (Å²) in [4.78, 5) is 15.0. The molecule has 0 spiro atoms. The van der Waals surface area contributed by atoms with Crippen molar-refractivity contribution in [3.05, 3.63) is 29.7 Å². The number of rotatable bonds is 4. The van der Waals surface area contributed by atoms with Crippen LogP contribution >= 0.6 is 0 Å². The van der Waals surface area contributed by atoms with Crippen molar-refractivity contribution >= 4 is 17.1 Å². The van der Waals surface area contributed by atoms with Crippen LogP contribution in [-0.4, -0.2) is 22.6 Å². The number of aromatic carboxylic acids is 1. The molecule has 0 amide bonds. The molecule has 5 nitrogen and oxygen atoms in total. The lowest BCUT2D eigenvalue weighted by atomic mass is 10.2. The Hall–Kier alpha value is -1.88. The van der Waals surface area contributed by atoms with Crippen LogP contribution in [-0.2, 0) is 6.42 Å². The Morgan fingerprint density at radius 2 is 2.31 bits per heavy atom. The van der Waals surface area contributed by atoms with Gasteiger partial charge in [0.1, 0.15) is 5.52 Å². The monoisotopic (exact) mass is 220 g/mol. The first-order valence-corrected chi connectivity index (χ1v) is 5.03. The molecule has 0 bridgehead atoms. The number of carboxylic acid groups (broad SMARTS) is 1. The third-order valence-electron chi connectivity index (χ3n) is 2.27. The smallest absolute Gasteiger partial charge is 0.335 e. The van der Waals surface area contributed by atoms with Crippen LogP contribution in [0.15, 0.2) is 22.6 Å². The van der Waals surface area contributed by atoms with E-state index in [1.165, 1.54) is 12.1 Å². The molecule has 0 fully saturated rings. The highest BCUT2D eigenvalue weighted by Crippen LogP contribution is 2.18. The summed E-state index contributed by atoms with van der Waals surface area (Å²) < 4.78 is 5.43. The fourth-order valence-electron chi connectivity index (χ4n) is 1.47. The third kappa shape index (κ3) is 2.04. The minimum Gasteiger partial charge on any atom is -0.478 e. The summed E-state index contributed by atoms with van der Waals surface area (Å²) >= 11 is 0. The van der Waals surface area contributed by atoms with Gasteiger partial charge < -0.3 is 15.3 Å². The zero-order valence-corrected chi connectivity index (χ0v) is 8.64. The zero-order valence-electron chi connectivity index (χ0n) is 8.64. The molecular weight excluding hydrogens is 208 g/mol. The summed E-state index contributed by atoms with van der Waals surface area (Å²) in [6, 6.07) is 4.64. The molecule has 0 saturated heterocycles. The average molecular weight is 220 g/mol. The van der Waals surface area contributed by atoms with Crippen molar-refractivity contribution in [1.29, 1.82) is 0 Å². The number of fused-ring (bicyclic) bond motifs is 1. The van der Waals surface area contributed by atoms with Crippen molar-refractivity contribution in [2.24, 2.45) is 5.73 Å². The Kier molecular flexibility index (Phi) is 2.87. The van der Waals surface area contributed by atoms with Gasteiger partial charge in [-0.1, -0.05) is 0 Å². The molecule has 0 atom stereocenters. The fourth-order valence-corrected chi connectivity index (χ4v) is 1.47. The number of carboxylic acids is 1. The molecule has 0 aliphatic heterocycles. The highest BCUT2D eigenvalue weighted by Gasteiger charge is 2.09. The first-order valence-electron chi connectivity index (χ1n) is 5.03. The van der Waals surface area contributed by atoms with Crippen LogP contribution in [0.3, 0.4) is 0 Å². The molecule has 0 radical (unpaired) electrons. The van der Waals surface area contributed by atoms with Crippen LogP contribution in [0.4, 0.5) is 0 Å². The van der Waals surface area contributed by atoms with Gasteiger partial charge in [-0.25, -0.2) is 9.78 Å². The van der Waals surface area contributed by atoms with E-state index in [0.717, 1.165) is 6.42 Å². The second-order valence-corrected chi connectivity index (χ2v) is 3.49. The van der Waals surface area contributed by atoms with E-state index in [0.29, 0.717) is 30.0 Å². The average Bonchev–Trinajstić information content (AvgIpc) is 2.67. The van der Waals surface area contributed by atoms with E-state index in [4.69, 9.17) is 15.3 Å². The molecule has 0 aliphatic rings. The molecule has 1 heterocycles. The Bertz CT molecular complexity index is 519. The number of oxazole rings is 1. The Morgan fingerprint density at radius 1 is 1.50 bits per heavy atom. The van der Waals surface area contributed by atoms with Gasteiger partial charge in [0.25, 0.3) is 0 Å².